The second kappa shape index (κ2) is 11.4. The van der Waals surface area contributed by atoms with Crippen molar-refractivity contribution < 1.29 is 8.83 Å². The lowest BCUT2D eigenvalue weighted by Gasteiger charge is -2.47. The van der Waals surface area contributed by atoms with Crippen LogP contribution in [0.15, 0.2) is 136 Å². The first-order chi connectivity index (χ1) is 27.6. The number of halogens is 1. The Bertz CT molecular complexity index is 3210. The zero-order valence-corrected chi connectivity index (χ0v) is 33.5. The molecule has 0 radical (unpaired) electrons. The molecule has 0 spiro atoms. The monoisotopic (exact) mass is 758 g/mol. The summed E-state index contributed by atoms with van der Waals surface area (Å²) in [5.74, 6) is 0. The fraction of sp³-hybridized carbons (Fsp3) is 0.176. The largest absolute Gasteiger partial charge is 0.454 e. The molecule has 7 aromatic carbocycles. The molecule has 4 heterocycles. The first-order valence-corrected chi connectivity index (χ1v) is 20.5. The van der Waals surface area contributed by atoms with Crippen molar-refractivity contribution in [1.29, 1.82) is 0 Å². The van der Waals surface area contributed by atoms with Gasteiger partial charge in [-0.3, -0.25) is 0 Å². The number of fused-ring (bicyclic) bond motifs is 11. The van der Waals surface area contributed by atoms with Gasteiger partial charge in [0.2, 0.25) is 0 Å². The summed E-state index contributed by atoms with van der Waals surface area (Å²) in [6, 6.07) is 46.2. The van der Waals surface area contributed by atoms with E-state index in [9.17, 15) is 0 Å². The van der Waals surface area contributed by atoms with E-state index < -0.39 is 0 Å². The van der Waals surface area contributed by atoms with Gasteiger partial charge in [-0.15, -0.1) is 0 Å². The molecule has 0 N–H and O–H groups in total. The molecule has 2 aromatic heterocycles. The molecule has 276 valence electrons. The maximum atomic E-state index is 6.99. The molecule has 12 rings (SSSR count). The molecule has 0 amide bonds. The first-order valence-electron chi connectivity index (χ1n) is 20.1. The number of benzene rings is 7. The zero-order valence-electron chi connectivity index (χ0n) is 32.7. The predicted octanol–water partition coefficient (Wildman–Crippen LogP) is 12.9. The highest BCUT2D eigenvalue weighted by Crippen LogP contribution is 2.52. The first kappa shape index (κ1) is 33.3. The summed E-state index contributed by atoms with van der Waals surface area (Å²) in [7, 11) is 0. The molecule has 3 aliphatic rings. The van der Waals surface area contributed by atoms with Crippen LogP contribution in [0.2, 0.25) is 5.02 Å². The van der Waals surface area contributed by atoms with E-state index in [0.29, 0.717) is 5.02 Å². The minimum atomic E-state index is -0.0405. The molecule has 1 aliphatic carbocycles. The van der Waals surface area contributed by atoms with Gasteiger partial charge in [-0.1, -0.05) is 112 Å². The summed E-state index contributed by atoms with van der Waals surface area (Å²) in [5, 5.41) is 5.15. The second-order valence-electron chi connectivity index (χ2n) is 17.8. The Morgan fingerprint density at radius 2 is 1.02 bits per heavy atom. The van der Waals surface area contributed by atoms with Crippen LogP contribution in [0, 0.1) is 6.92 Å². The van der Waals surface area contributed by atoms with Crippen LogP contribution in [0.3, 0.4) is 0 Å². The van der Waals surface area contributed by atoms with Gasteiger partial charge in [-0.05, 0) is 118 Å². The van der Waals surface area contributed by atoms with E-state index in [4.69, 9.17) is 20.4 Å². The molecule has 0 saturated heterocycles. The Kier molecular flexibility index (Phi) is 6.63. The maximum absolute atomic E-state index is 6.99. The van der Waals surface area contributed by atoms with Crippen LogP contribution in [-0.4, -0.2) is 6.71 Å². The summed E-state index contributed by atoms with van der Waals surface area (Å²) in [4.78, 5) is 4.92. The van der Waals surface area contributed by atoms with Gasteiger partial charge in [-0.2, -0.15) is 0 Å². The van der Waals surface area contributed by atoms with Crippen LogP contribution < -0.4 is 26.2 Å². The summed E-state index contributed by atoms with van der Waals surface area (Å²) in [6.45, 7) is 11.9. The van der Waals surface area contributed by atoms with Gasteiger partial charge in [0.15, 0.2) is 11.2 Å². The topological polar surface area (TPSA) is 32.8 Å². The van der Waals surface area contributed by atoms with Crippen LogP contribution in [0.5, 0.6) is 0 Å². The molecule has 6 heteroatoms. The zero-order chi connectivity index (χ0) is 38.5. The van der Waals surface area contributed by atoms with Crippen LogP contribution in [0.4, 0.5) is 34.1 Å². The van der Waals surface area contributed by atoms with Crippen molar-refractivity contribution in [3.05, 3.63) is 149 Å². The van der Waals surface area contributed by atoms with Crippen molar-refractivity contribution in [2.45, 2.75) is 58.3 Å². The smallest absolute Gasteiger partial charge is 0.252 e. The molecule has 0 atom stereocenters. The number of nitrogens with zero attached hydrogens (tertiary/aromatic N) is 2. The lowest BCUT2D eigenvalue weighted by molar-refractivity contribution is 0.332. The standard InChI is InChI=1S/C51H40BClN2O2/c1-29-24-43-47-44(25-29)55(40-17-11-15-34-32-13-7-9-19-46(32)57-49(34)40)42-28-36-35(50(2,3)22-23-51(36,4)5)27-38(42)52(47)37-21-20-30(53)26-41(37)54(43)39-16-10-14-33-31-12-6-8-18-45(31)56-48(33)39/h6-21,24-28H,22-23H2,1-5H3. The Hall–Kier alpha value is -5.91. The molecule has 9 aromatic rings. The number of hydrogen-bond donors (Lipinski definition) is 0. The van der Waals surface area contributed by atoms with Crippen LogP contribution >= 0.6 is 11.6 Å². The Morgan fingerprint density at radius 1 is 0.509 bits per heavy atom. The van der Waals surface area contributed by atoms with Gasteiger partial charge in [0.05, 0.1) is 11.4 Å². The van der Waals surface area contributed by atoms with Crippen LogP contribution in [0.25, 0.3) is 43.9 Å². The lowest BCUT2D eigenvalue weighted by Crippen LogP contribution is -2.61. The molecule has 0 saturated carbocycles. The van der Waals surface area contributed by atoms with E-state index in [2.05, 4.69) is 166 Å². The lowest BCUT2D eigenvalue weighted by atomic mass is 9.33. The van der Waals surface area contributed by atoms with Gasteiger partial charge in [0.1, 0.15) is 11.2 Å². The fourth-order valence-electron chi connectivity index (χ4n) is 10.5. The summed E-state index contributed by atoms with van der Waals surface area (Å²) in [5.41, 5.74) is 18.0. The Morgan fingerprint density at radius 3 is 1.60 bits per heavy atom. The van der Waals surface area contributed by atoms with E-state index in [1.54, 1.807) is 0 Å². The Labute approximate surface area is 337 Å². The molecule has 0 fully saturated rings. The van der Waals surface area contributed by atoms with E-state index in [0.717, 1.165) is 85.2 Å². The van der Waals surface area contributed by atoms with Crippen molar-refractivity contribution in [2.75, 3.05) is 9.80 Å². The van der Waals surface area contributed by atoms with Crippen LogP contribution in [-0.2, 0) is 10.8 Å². The predicted molar refractivity (Wildman–Crippen MR) is 240 cm³/mol. The molecule has 0 unspecified atom stereocenters. The van der Waals surface area contributed by atoms with Crippen molar-refractivity contribution in [3.8, 4) is 0 Å². The van der Waals surface area contributed by atoms with Crippen molar-refractivity contribution >= 4 is 113 Å². The minimum Gasteiger partial charge on any atom is -0.454 e. The number of furan rings is 2. The van der Waals surface area contributed by atoms with Gasteiger partial charge >= 0.3 is 0 Å². The average Bonchev–Trinajstić information content (AvgIpc) is 3.78. The summed E-state index contributed by atoms with van der Waals surface area (Å²) < 4.78 is 13.6. The Balaban J connectivity index is 1.22. The van der Waals surface area contributed by atoms with Crippen molar-refractivity contribution in [3.63, 3.8) is 0 Å². The molecule has 2 aliphatic heterocycles. The van der Waals surface area contributed by atoms with Crippen molar-refractivity contribution in [1.82, 2.24) is 0 Å². The minimum absolute atomic E-state index is 0.0228. The van der Waals surface area contributed by atoms with Gasteiger partial charge in [0, 0.05) is 49.3 Å². The summed E-state index contributed by atoms with van der Waals surface area (Å²) in [6.07, 6.45) is 2.28. The third-order valence-corrected chi connectivity index (χ3v) is 13.6. The quantitative estimate of drug-likeness (QED) is 0.164. The molecular weight excluding hydrogens is 719 g/mol. The SMILES string of the molecule is Cc1cc2c3c(c1)N(c1cccc4c1oc1ccccc14)c1cc4c(cc1B3c1ccc(Cl)cc1N2c1cccc2c1oc1ccccc12)C(C)(C)CCC4(C)C. The van der Waals surface area contributed by atoms with E-state index in [1.165, 1.54) is 38.8 Å². The van der Waals surface area contributed by atoms with Gasteiger partial charge in [0.25, 0.3) is 6.71 Å². The molecule has 57 heavy (non-hydrogen) atoms. The molecular formula is C51H40BClN2O2. The van der Waals surface area contributed by atoms with Crippen LogP contribution in [0.1, 0.15) is 57.2 Å². The number of para-hydroxylation sites is 4. The third-order valence-electron chi connectivity index (χ3n) is 13.4. The highest BCUT2D eigenvalue weighted by molar-refractivity contribution is 7.00. The maximum Gasteiger partial charge on any atom is 0.252 e. The number of anilines is 6. The van der Waals surface area contributed by atoms with E-state index in [-0.39, 0.29) is 17.5 Å². The number of aryl methyl sites for hydroxylation is 1. The highest BCUT2D eigenvalue weighted by Gasteiger charge is 2.47. The fourth-order valence-corrected chi connectivity index (χ4v) is 10.7. The van der Waals surface area contributed by atoms with Crippen molar-refractivity contribution in [2.24, 2.45) is 0 Å². The number of hydrogen-bond acceptors (Lipinski definition) is 4. The molecule has 4 nitrogen and oxygen atoms in total. The molecule has 0 bridgehead atoms. The highest BCUT2D eigenvalue weighted by atomic mass is 35.5. The summed E-state index contributed by atoms with van der Waals surface area (Å²) >= 11 is 6.99. The van der Waals surface area contributed by atoms with Gasteiger partial charge < -0.3 is 18.6 Å². The number of rotatable bonds is 2. The van der Waals surface area contributed by atoms with E-state index >= 15 is 0 Å². The third kappa shape index (κ3) is 4.52. The second-order valence-corrected chi connectivity index (χ2v) is 18.2. The normalized spacial score (nSPS) is 16.3. The van der Waals surface area contributed by atoms with Gasteiger partial charge in [-0.25, -0.2) is 0 Å². The van der Waals surface area contributed by atoms with E-state index in [1.807, 2.05) is 6.07 Å². The average molecular weight is 759 g/mol.